The highest BCUT2D eigenvalue weighted by Crippen LogP contribution is 2.11. The number of carbonyl (C=O) groups excluding carboxylic acids is 1. The molecule has 3 nitrogen and oxygen atoms in total. The monoisotopic (exact) mass is 216 g/mol. The summed E-state index contributed by atoms with van der Waals surface area (Å²) < 4.78 is 13.4. The van der Waals surface area contributed by atoms with Crippen LogP contribution in [0.15, 0.2) is 36.5 Å². The summed E-state index contributed by atoms with van der Waals surface area (Å²) in [7, 11) is 0. The van der Waals surface area contributed by atoms with Gasteiger partial charge in [-0.15, -0.1) is 0 Å². The number of nitrogens with zero attached hydrogens (tertiary/aromatic N) is 2. The second kappa shape index (κ2) is 4.18. The van der Waals surface area contributed by atoms with Crippen molar-refractivity contribution in [2.75, 3.05) is 0 Å². The van der Waals surface area contributed by atoms with Crippen molar-refractivity contribution in [1.82, 2.24) is 9.97 Å². The van der Waals surface area contributed by atoms with Crippen LogP contribution in [-0.4, -0.2) is 15.8 Å². The van der Waals surface area contributed by atoms with Gasteiger partial charge >= 0.3 is 0 Å². The molecule has 1 heterocycles. The van der Waals surface area contributed by atoms with E-state index in [0.29, 0.717) is 5.82 Å². The SMILES string of the molecule is Cc1nccc(C(=O)c2ccccc2F)n1. The minimum absolute atomic E-state index is 0.0283. The van der Waals surface area contributed by atoms with Gasteiger partial charge in [-0.3, -0.25) is 4.79 Å². The highest BCUT2D eigenvalue weighted by atomic mass is 19.1. The van der Waals surface area contributed by atoms with Gasteiger partial charge in [0.25, 0.3) is 0 Å². The van der Waals surface area contributed by atoms with E-state index >= 15 is 0 Å². The van der Waals surface area contributed by atoms with Crippen molar-refractivity contribution in [3.05, 3.63) is 59.4 Å². The molecule has 4 heteroatoms. The van der Waals surface area contributed by atoms with Crippen molar-refractivity contribution in [2.45, 2.75) is 6.92 Å². The molecule has 16 heavy (non-hydrogen) atoms. The third-order valence-electron chi connectivity index (χ3n) is 2.13. The Bertz CT molecular complexity index is 540. The van der Waals surface area contributed by atoms with Crippen molar-refractivity contribution in [3.8, 4) is 0 Å². The zero-order chi connectivity index (χ0) is 11.5. The molecule has 1 aromatic heterocycles. The molecule has 0 bridgehead atoms. The largest absolute Gasteiger partial charge is 0.287 e. The zero-order valence-electron chi connectivity index (χ0n) is 8.64. The first-order valence-corrected chi connectivity index (χ1v) is 4.77. The first-order valence-electron chi connectivity index (χ1n) is 4.77. The van der Waals surface area contributed by atoms with Crippen LogP contribution in [-0.2, 0) is 0 Å². The molecule has 0 fully saturated rings. The molecule has 0 spiro atoms. The number of rotatable bonds is 2. The number of carbonyl (C=O) groups is 1. The van der Waals surface area contributed by atoms with E-state index in [4.69, 9.17) is 0 Å². The van der Waals surface area contributed by atoms with Crippen LogP contribution in [0.4, 0.5) is 4.39 Å². The average molecular weight is 216 g/mol. The Labute approximate surface area is 92.0 Å². The van der Waals surface area contributed by atoms with Crippen molar-refractivity contribution < 1.29 is 9.18 Å². The van der Waals surface area contributed by atoms with Gasteiger partial charge in [-0.05, 0) is 25.1 Å². The minimum Gasteiger partial charge on any atom is -0.287 e. The lowest BCUT2D eigenvalue weighted by Gasteiger charge is -2.01. The molecule has 2 rings (SSSR count). The van der Waals surface area contributed by atoms with E-state index in [1.165, 1.54) is 30.5 Å². The van der Waals surface area contributed by atoms with Gasteiger partial charge in [-0.1, -0.05) is 12.1 Å². The van der Waals surface area contributed by atoms with Gasteiger partial charge < -0.3 is 0 Å². The van der Waals surface area contributed by atoms with Crippen molar-refractivity contribution in [1.29, 1.82) is 0 Å². The summed E-state index contributed by atoms with van der Waals surface area (Å²) in [6.07, 6.45) is 1.48. The fraction of sp³-hybridized carbons (Fsp3) is 0.0833. The summed E-state index contributed by atoms with van der Waals surface area (Å²) >= 11 is 0. The highest BCUT2D eigenvalue weighted by Gasteiger charge is 2.14. The van der Waals surface area contributed by atoms with E-state index in [2.05, 4.69) is 9.97 Å². The lowest BCUT2D eigenvalue weighted by atomic mass is 10.1. The van der Waals surface area contributed by atoms with E-state index in [0.717, 1.165) is 0 Å². The van der Waals surface area contributed by atoms with Gasteiger partial charge in [0.1, 0.15) is 17.3 Å². The topological polar surface area (TPSA) is 42.9 Å². The standard InChI is InChI=1S/C12H9FN2O/c1-8-14-7-6-11(15-8)12(16)9-4-2-3-5-10(9)13/h2-7H,1H3. The van der Waals surface area contributed by atoms with Crippen LogP contribution >= 0.6 is 0 Å². The Kier molecular flexibility index (Phi) is 2.72. The van der Waals surface area contributed by atoms with Gasteiger partial charge in [0, 0.05) is 6.20 Å². The third kappa shape index (κ3) is 1.95. The normalized spacial score (nSPS) is 10.1. The maximum Gasteiger partial charge on any atom is 0.214 e. The molecule has 0 unspecified atom stereocenters. The predicted octanol–water partition coefficient (Wildman–Crippen LogP) is 2.16. The lowest BCUT2D eigenvalue weighted by Crippen LogP contribution is -2.07. The molecular weight excluding hydrogens is 207 g/mol. The molecule has 0 aliphatic carbocycles. The number of aromatic nitrogens is 2. The summed E-state index contributed by atoms with van der Waals surface area (Å²) in [5.74, 6) is -0.477. The van der Waals surface area contributed by atoms with Crippen LogP contribution in [0.2, 0.25) is 0 Å². The second-order valence-corrected chi connectivity index (χ2v) is 3.30. The van der Waals surface area contributed by atoms with Crippen LogP contribution in [0.5, 0.6) is 0 Å². The molecule has 0 radical (unpaired) electrons. The Hall–Kier alpha value is -2.10. The van der Waals surface area contributed by atoms with E-state index < -0.39 is 11.6 Å². The van der Waals surface area contributed by atoms with E-state index in [-0.39, 0.29) is 11.3 Å². The molecular formula is C12H9FN2O. The number of aryl methyl sites for hydroxylation is 1. The molecule has 0 aliphatic heterocycles. The number of halogens is 1. The smallest absolute Gasteiger partial charge is 0.214 e. The van der Waals surface area contributed by atoms with Gasteiger partial charge in [-0.25, -0.2) is 14.4 Å². The Morgan fingerprint density at radius 3 is 2.69 bits per heavy atom. The van der Waals surface area contributed by atoms with Crippen molar-refractivity contribution in [2.24, 2.45) is 0 Å². The summed E-state index contributed by atoms with van der Waals surface area (Å²) in [4.78, 5) is 19.7. The first kappa shape index (κ1) is 10.4. The number of ketones is 1. The minimum atomic E-state index is -0.538. The molecule has 0 saturated heterocycles. The molecule has 0 atom stereocenters. The van der Waals surface area contributed by atoms with E-state index in [1.807, 2.05) is 0 Å². The van der Waals surface area contributed by atoms with Gasteiger partial charge in [0.05, 0.1) is 5.56 Å². The number of benzene rings is 1. The fourth-order valence-electron chi connectivity index (χ4n) is 1.37. The summed E-state index contributed by atoms with van der Waals surface area (Å²) in [5, 5.41) is 0. The van der Waals surface area contributed by atoms with Crippen molar-refractivity contribution in [3.63, 3.8) is 0 Å². The Morgan fingerprint density at radius 1 is 1.25 bits per heavy atom. The van der Waals surface area contributed by atoms with Crippen molar-refractivity contribution >= 4 is 5.78 Å². The average Bonchev–Trinajstić information content (AvgIpc) is 2.29. The van der Waals surface area contributed by atoms with E-state index in [9.17, 15) is 9.18 Å². The maximum atomic E-state index is 13.4. The first-order chi connectivity index (χ1) is 7.68. The predicted molar refractivity (Wildman–Crippen MR) is 56.6 cm³/mol. The quantitative estimate of drug-likeness (QED) is 0.722. The fourth-order valence-corrected chi connectivity index (χ4v) is 1.37. The molecule has 0 aliphatic rings. The summed E-state index contributed by atoms with van der Waals surface area (Å²) in [5.41, 5.74) is 0.234. The molecule has 80 valence electrons. The number of hydrogen-bond acceptors (Lipinski definition) is 3. The van der Waals surface area contributed by atoms with Crippen LogP contribution in [0, 0.1) is 12.7 Å². The Morgan fingerprint density at radius 2 is 2.00 bits per heavy atom. The molecule has 0 saturated carbocycles. The van der Waals surface area contributed by atoms with Crippen LogP contribution in [0.1, 0.15) is 21.9 Å². The zero-order valence-corrected chi connectivity index (χ0v) is 8.64. The van der Waals surface area contributed by atoms with E-state index in [1.54, 1.807) is 13.0 Å². The summed E-state index contributed by atoms with van der Waals surface area (Å²) in [6.45, 7) is 1.68. The lowest BCUT2D eigenvalue weighted by molar-refractivity contribution is 0.103. The van der Waals surface area contributed by atoms with Crippen LogP contribution < -0.4 is 0 Å². The molecule has 1 aromatic carbocycles. The van der Waals surface area contributed by atoms with Gasteiger partial charge in [-0.2, -0.15) is 0 Å². The number of hydrogen-bond donors (Lipinski definition) is 0. The third-order valence-corrected chi connectivity index (χ3v) is 2.13. The molecule has 0 amide bonds. The summed E-state index contributed by atoms with van der Waals surface area (Å²) in [6, 6.07) is 7.32. The van der Waals surface area contributed by atoms with Crippen LogP contribution in [0.3, 0.4) is 0 Å². The van der Waals surface area contributed by atoms with Crippen LogP contribution in [0.25, 0.3) is 0 Å². The molecule has 2 aromatic rings. The van der Waals surface area contributed by atoms with Gasteiger partial charge in [0.15, 0.2) is 0 Å². The Balaban J connectivity index is 2.44. The second-order valence-electron chi connectivity index (χ2n) is 3.30. The van der Waals surface area contributed by atoms with Gasteiger partial charge in [0.2, 0.25) is 5.78 Å². The maximum absolute atomic E-state index is 13.4. The highest BCUT2D eigenvalue weighted by molar-refractivity contribution is 6.07. The molecule has 0 N–H and O–H groups in total.